The molecule has 8 heteroatoms. The van der Waals surface area contributed by atoms with Crippen LogP contribution in [0.15, 0.2) is 47.7 Å². The molecular formula is C23H26N4O4. The second-order valence-electron chi connectivity index (χ2n) is 8.24. The Morgan fingerprint density at radius 2 is 1.94 bits per heavy atom. The number of piperidine rings is 1. The first-order valence-electron chi connectivity index (χ1n) is 10.5. The number of nitrogens with one attached hydrogen (secondary N) is 3. The maximum Gasteiger partial charge on any atom is 0.254 e. The molecule has 4 amide bonds. The highest BCUT2D eigenvalue weighted by atomic mass is 16.2. The fraction of sp³-hybridized carbons (Fsp3) is 0.391. The van der Waals surface area contributed by atoms with E-state index in [1.165, 1.54) is 4.90 Å². The molecule has 1 fully saturated rings. The average Bonchev–Trinajstić information content (AvgIpc) is 2.73. The number of aryl methyl sites for hydroxylation is 1. The van der Waals surface area contributed by atoms with Gasteiger partial charge in [0.2, 0.25) is 11.8 Å². The molecule has 0 aromatic heterocycles. The monoisotopic (exact) mass is 422 g/mol. The van der Waals surface area contributed by atoms with E-state index >= 15 is 0 Å². The highest BCUT2D eigenvalue weighted by Gasteiger charge is 2.43. The molecule has 162 valence electrons. The maximum atomic E-state index is 13.5. The lowest BCUT2D eigenvalue weighted by Crippen LogP contribution is -2.62. The third-order valence-electron chi connectivity index (χ3n) is 6.02. The molecule has 31 heavy (non-hydrogen) atoms. The number of rotatable bonds is 4. The number of nitrogens with zero attached hydrogens (tertiary/aromatic N) is 1. The van der Waals surface area contributed by atoms with Crippen molar-refractivity contribution < 1.29 is 19.2 Å². The van der Waals surface area contributed by atoms with Gasteiger partial charge in [0, 0.05) is 35.7 Å². The first-order chi connectivity index (χ1) is 14.8. The van der Waals surface area contributed by atoms with Crippen molar-refractivity contribution in [1.82, 2.24) is 20.9 Å². The van der Waals surface area contributed by atoms with E-state index in [1.54, 1.807) is 12.1 Å². The predicted octanol–water partition coefficient (Wildman–Crippen LogP) is 1.14. The summed E-state index contributed by atoms with van der Waals surface area (Å²) in [7, 11) is 0. The second-order valence-corrected chi connectivity index (χ2v) is 8.24. The van der Waals surface area contributed by atoms with Crippen LogP contribution in [0.25, 0.3) is 0 Å². The van der Waals surface area contributed by atoms with Crippen molar-refractivity contribution in [2.75, 3.05) is 6.54 Å². The third kappa shape index (κ3) is 4.10. The highest BCUT2D eigenvalue weighted by Crippen LogP contribution is 2.32. The molecule has 8 nitrogen and oxygen atoms in total. The molecule has 1 aromatic carbocycles. The van der Waals surface area contributed by atoms with Crippen LogP contribution in [-0.4, -0.2) is 47.3 Å². The number of carbonyl (C=O) groups excluding carboxylic acids is 4. The van der Waals surface area contributed by atoms with E-state index in [1.807, 2.05) is 38.1 Å². The van der Waals surface area contributed by atoms with Gasteiger partial charge in [0.15, 0.2) is 0 Å². The first-order valence-corrected chi connectivity index (χ1v) is 10.5. The van der Waals surface area contributed by atoms with Gasteiger partial charge in [-0.3, -0.25) is 24.5 Å². The Labute approximate surface area is 180 Å². The van der Waals surface area contributed by atoms with Crippen LogP contribution >= 0.6 is 0 Å². The van der Waals surface area contributed by atoms with E-state index in [4.69, 9.17) is 0 Å². The Balaban J connectivity index is 1.51. The van der Waals surface area contributed by atoms with Gasteiger partial charge in [-0.15, -0.1) is 0 Å². The molecular weight excluding hydrogens is 396 g/mol. The summed E-state index contributed by atoms with van der Waals surface area (Å²) < 4.78 is 0. The molecule has 1 aliphatic carbocycles. The summed E-state index contributed by atoms with van der Waals surface area (Å²) in [4.78, 5) is 51.4. The molecule has 2 heterocycles. The van der Waals surface area contributed by atoms with E-state index in [2.05, 4.69) is 16.0 Å². The Morgan fingerprint density at radius 1 is 1.19 bits per heavy atom. The molecule has 2 aliphatic heterocycles. The Morgan fingerprint density at radius 3 is 2.65 bits per heavy atom. The molecule has 3 aliphatic rings. The predicted molar refractivity (Wildman–Crippen MR) is 113 cm³/mol. The van der Waals surface area contributed by atoms with E-state index in [0.29, 0.717) is 30.5 Å². The number of amides is 4. The summed E-state index contributed by atoms with van der Waals surface area (Å²) in [5, 5.41) is 8.56. The summed E-state index contributed by atoms with van der Waals surface area (Å²) >= 11 is 0. The van der Waals surface area contributed by atoms with Gasteiger partial charge in [0.25, 0.3) is 11.8 Å². The zero-order chi connectivity index (χ0) is 22.1. The van der Waals surface area contributed by atoms with E-state index in [9.17, 15) is 19.2 Å². The van der Waals surface area contributed by atoms with Gasteiger partial charge in [-0.2, -0.15) is 0 Å². The summed E-state index contributed by atoms with van der Waals surface area (Å²) in [6, 6.07) is 6.61. The van der Waals surface area contributed by atoms with E-state index < -0.39 is 11.9 Å². The summed E-state index contributed by atoms with van der Waals surface area (Å²) in [6.07, 6.45) is 4.59. The molecule has 0 bridgehead atoms. The molecule has 0 spiro atoms. The Kier molecular flexibility index (Phi) is 5.63. The quantitative estimate of drug-likeness (QED) is 0.631. The van der Waals surface area contributed by atoms with Crippen molar-refractivity contribution in [2.24, 2.45) is 5.92 Å². The van der Waals surface area contributed by atoms with Gasteiger partial charge in [0.1, 0.15) is 6.04 Å². The van der Waals surface area contributed by atoms with Gasteiger partial charge in [-0.25, -0.2) is 0 Å². The normalized spacial score (nSPS) is 25.7. The SMILES string of the molecule is Cc1ccc(C(=O)NCC2CC=CC3=C2C(=O)N(C2CCC(=O)NC2=O)C(C)N3)cc1. The molecule has 3 unspecified atom stereocenters. The largest absolute Gasteiger partial charge is 0.365 e. The van der Waals surface area contributed by atoms with Crippen LogP contribution in [0.5, 0.6) is 0 Å². The van der Waals surface area contributed by atoms with Crippen molar-refractivity contribution in [3.05, 3.63) is 58.8 Å². The lowest BCUT2D eigenvalue weighted by Gasteiger charge is -2.44. The summed E-state index contributed by atoms with van der Waals surface area (Å²) in [6.45, 7) is 4.09. The molecule has 4 rings (SSSR count). The molecule has 1 aromatic rings. The van der Waals surface area contributed by atoms with Crippen LogP contribution in [0.4, 0.5) is 0 Å². The van der Waals surface area contributed by atoms with E-state index in [0.717, 1.165) is 11.3 Å². The Bertz CT molecular complexity index is 995. The summed E-state index contributed by atoms with van der Waals surface area (Å²) in [5.41, 5.74) is 2.93. The lowest BCUT2D eigenvalue weighted by molar-refractivity contribution is -0.147. The fourth-order valence-corrected chi connectivity index (χ4v) is 4.37. The van der Waals surface area contributed by atoms with Crippen LogP contribution in [0.2, 0.25) is 0 Å². The number of carbonyl (C=O) groups is 4. The van der Waals surface area contributed by atoms with Crippen molar-refractivity contribution in [1.29, 1.82) is 0 Å². The van der Waals surface area contributed by atoms with Crippen LogP contribution in [0.1, 0.15) is 42.1 Å². The molecule has 0 radical (unpaired) electrons. The van der Waals surface area contributed by atoms with E-state index in [-0.39, 0.29) is 36.2 Å². The van der Waals surface area contributed by atoms with Crippen molar-refractivity contribution in [2.45, 2.75) is 45.3 Å². The molecule has 1 saturated heterocycles. The first kappa shape index (κ1) is 20.8. The standard InChI is InChI=1S/C23H26N4O4/c1-13-6-8-15(9-7-13)21(29)24-12-16-4-3-5-17-20(16)23(31)27(14(2)25-17)18-10-11-19(28)26-22(18)30/h3,5-9,14,16,18,25H,4,10-12H2,1-2H3,(H,24,29)(H,26,28,30). The number of allylic oxidation sites excluding steroid dienone is 2. The number of imide groups is 1. The van der Waals surface area contributed by atoms with Gasteiger partial charge in [-0.05, 0) is 44.9 Å². The minimum absolute atomic E-state index is 0.191. The van der Waals surface area contributed by atoms with Crippen molar-refractivity contribution in [3.8, 4) is 0 Å². The fourth-order valence-electron chi connectivity index (χ4n) is 4.37. The van der Waals surface area contributed by atoms with Crippen LogP contribution < -0.4 is 16.0 Å². The highest BCUT2D eigenvalue weighted by molar-refractivity contribution is 6.04. The number of benzene rings is 1. The molecule has 3 atom stereocenters. The zero-order valence-corrected chi connectivity index (χ0v) is 17.6. The summed E-state index contributed by atoms with van der Waals surface area (Å²) in [5.74, 6) is -1.39. The van der Waals surface area contributed by atoms with Gasteiger partial charge in [0.05, 0.1) is 6.17 Å². The van der Waals surface area contributed by atoms with Crippen molar-refractivity contribution in [3.63, 3.8) is 0 Å². The van der Waals surface area contributed by atoms with Crippen LogP contribution in [-0.2, 0) is 14.4 Å². The second kappa shape index (κ2) is 8.37. The minimum Gasteiger partial charge on any atom is -0.365 e. The Hall–Kier alpha value is -3.42. The third-order valence-corrected chi connectivity index (χ3v) is 6.02. The lowest BCUT2D eigenvalue weighted by atomic mass is 9.86. The zero-order valence-electron chi connectivity index (χ0n) is 17.6. The van der Waals surface area contributed by atoms with Crippen LogP contribution in [0.3, 0.4) is 0 Å². The topological polar surface area (TPSA) is 108 Å². The van der Waals surface area contributed by atoms with Crippen LogP contribution in [0, 0.1) is 12.8 Å². The molecule has 3 N–H and O–H groups in total. The van der Waals surface area contributed by atoms with Crippen molar-refractivity contribution >= 4 is 23.6 Å². The minimum atomic E-state index is -0.699. The van der Waals surface area contributed by atoms with Gasteiger partial charge >= 0.3 is 0 Å². The number of hydrogen-bond donors (Lipinski definition) is 3. The maximum absolute atomic E-state index is 13.5. The smallest absolute Gasteiger partial charge is 0.254 e. The van der Waals surface area contributed by atoms with Gasteiger partial charge < -0.3 is 15.5 Å². The molecule has 0 saturated carbocycles. The van der Waals surface area contributed by atoms with Gasteiger partial charge in [-0.1, -0.05) is 23.8 Å². The average molecular weight is 422 g/mol. The number of hydrogen-bond acceptors (Lipinski definition) is 5.